The molecule has 0 fully saturated rings. The highest BCUT2D eigenvalue weighted by molar-refractivity contribution is 6.30. The molecule has 17 heavy (non-hydrogen) atoms. The zero-order chi connectivity index (χ0) is 12.5. The molecule has 1 aromatic rings. The van der Waals surface area contributed by atoms with E-state index in [-0.39, 0.29) is 0 Å². The Morgan fingerprint density at radius 3 is 2.53 bits per heavy atom. The number of hydrogen-bond donors (Lipinski definition) is 1. The summed E-state index contributed by atoms with van der Waals surface area (Å²) in [5.74, 6) is 0. The van der Waals surface area contributed by atoms with Crippen molar-refractivity contribution in [2.24, 2.45) is 0 Å². The Morgan fingerprint density at radius 2 is 1.94 bits per heavy atom. The van der Waals surface area contributed by atoms with Crippen molar-refractivity contribution < 1.29 is 4.74 Å². The first-order valence-corrected chi connectivity index (χ1v) is 6.66. The molecule has 0 bridgehead atoms. The van der Waals surface area contributed by atoms with Crippen LogP contribution in [-0.2, 0) is 4.74 Å². The van der Waals surface area contributed by atoms with E-state index in [9.17, 15) is 0 Å². The van der Waals surface area contributed by atoms with Crippen LogP contribution < -0.4 is 5.32 Å². The molecule has 0 aromatic heterocycles. The largest absolute Gasteiger partial charge is 0.381 e. The number of halogens is 1. The van der Waals surface area contributed by atoms with Gasteiger partial charge < -0.3 is 10.1 Å². The topological polar surface area (TPSA) is 21.3 Å². The molecule has 0 radical (unpaired) electrons. The van der Waals surface area contributed by atoms with Crippen LogP contribution in [0.15, 0.2) is 24.3 Å². The highest BCUT2D eigenvalue weighted by atomic mass is 35.5. The lowest BCUT2D eigenvalue weighted by Gasteiger charge is -2.16. The molecular formula is C14H22ClNO. The molecule has 1 rings (SSSR count). The summed E-state index contributed by atoms with van der Waals surface area (Å²) in [6.45, 7) is 3.84. The average molecular weight is 256 g/mol. The summed E-state index contributed by atoms with van der Waals surface area (Å²) >= 11 is 5.88. The fraction of sp³-hybridized carbons (Fsp3) is 0.571. The van der Waals surface area contributed by atoms with Crippen molar-refractivity contribution in [2.45, 2.75) is 32.2 Å². The van der Waals surface area contributed by atoms with Gasteiger partial charge in [-0.05, 0) is 37.6 Å². The third kappa shape index (κ3) is 5.53. The molecule has 1 aromatic carbocycles. The molecule has 0 aliphatic rings. The van der Waals surface area contributed by atoms with E-state index in [0.717, 1.165) is 31.1 Å². The minimum atomic E-state index is 0.342. The maximum Gasteiger partial charge on any atom is 0.0484 e. The Kier molecular flexibility index (Phi) is 7.25. The number of rotatable bonds is 8. The Balaban J connectivity index is 2.35. The number of benzene rings is 1. The Hall–Kier alpha value is -0.570. The minimum Gasteiger partial charge on any atom is -0.381 e. The van der Waals surface area contributed by atoms with Gasteiger partial charge in [0.25, 0.3) is 0 Å². The van der Waals surface area contributed by atoms with Gasteiger partial charge in [0.1, 0.15) is 0 Å². The van der Waals surface area contributed by atoms with Gasteiger partial charge >= 0.3 is 0 Å². The monoisotopic (exact) mass is 255 g/mol. The second-order valence-corrected chi connectivity index (χ2v) is 4.58. The predicted octanol–water partition coefficient (Wildman–Crippen LogP) is 3.81. The summed E-state index contributed by atoms with van der Waals surface area (Å²) in [7, 11) is 1.98. The highest BCUT2D eigenvalue weighted by Crippen LogP contribution is 2.18. The number of nitrogens with one attached hydrogen (secondary N) is 1. The Labute approximate surface area is 109 Å². The molecule has 0 saturated heterocycles. The maximum absolute atomic E-state index is 5.88. The average Bonchev–Trinajstić information content (AvgIpc) is 2.35. The van der Waals surface area contributed by atoms with Crippen molar-refractivity contribution in [1.82, 2.24) is 5.32 Å². The molecule has 1 atom stereocenters. The Morgan fingerprint density at radius 1 is 1.24 bits per heavy atom. The van der Waals surface area contributed by atoms with Gasteiger partial charge in [-0.2, -0.15) is 0 Å². The van der Waals surface area contributed by atoms with E-state index in [2.05, 4.69) is 24.4 Å². The van der Waals surface area contributed by atoms with E-state index in [0.29, 0.717) is 6.04 Å². The zero-order valence-electron chi connectivity index (χ0n) is 10.7. The van der Waals surface area contributed by atoms with Gasteiger partial charge in [0.2, 0.25) is 0 Å². The van der Waals surface area contributed by atoms with Crippen molar-refractivity contribution in [2.75, 3.05) is 20.3 Å². The zero-order valence-corrected chi connectivity index (χ0v) is 11.5. The molecule has 96 valence electrons. The van der Waals surface area contributed by atoms with Crippen LogP contribution in [0.4, 0.5) is 0 Å². The molecule has 0 spiro atoms. The maximum atomic E-state index is 5.88. The molecule has 0 heterocycles. The van der Waals surface area contributed by atoms with Crippen molar-refractivity contribution >= 4 is 11.6 Å². The lowest BCUT2D eigenvalue weighted by molar-refractivity contribution is 0.122. The molecule has 0 saturated carbocycles. The van der Waals surface area contributed by atoms with Gasteiger partial charge in [0, 0.05) is 24.3 Å². The van der Waals surface area contributed by atoms with Crippen molar-refractivity contribution in [3.63, 3.8) is 0 Å². The van der Waals surface area contributed by atoms with Gasteiger partial charge in [0.05, 0.1) is 0 Å². The summed E-state index contributed by atoms with van der Waals surface area (Å²) in [5, 5.41) is 4.09. The molecule has 2 nitrogen and oxygen atoms in total. The summed E-state index contributed by atoms with van der Waals surface area (Å²) in [6, 6.07) is 8.33. The number of unbranched alkanes of at least 4 members (excludes halogenated alkanes) is 1. The van der Waals surface area contributed by atoms with Crippen LogP contribution in [0.5, 0.6) is 0 Å². The lowest BCUT2D eigenvalue weighted by Crippen LogP contribution is -2.18. The van der Waals surface area contributed by atoms with Crippen LogP contribution in [0.2, 0.25) is 5.02 Å². The van der Waals surface area contributed by atoms with Gasteiger partial charge in [0.15, 0.2) is 0 Å². The van der Waals surface area contributed by atoms with Crippen molar-refractivity contribution in [3.8, 4) is 0 Å². The van der Waals surface area contributed by atoms with Gasteiger partial charge in [-0.3, -0.25) is 0 Å². The fourth-order valence-corrected chi connectivity index (χ4v) is 1.85. The second kappa shape index (κ2) is 8.51. The quantitative estimate of drug-likeness (QED) is 0.714. The van der Waals surface area contributed by atoms with Crippen LogP contribution in [-0.4, -0.2) is 20.3 Å². The molecule has 1 N–H and O–H groups in total. The molecular weight excluding hydrogens is 234 g/mol. The highest BCUT2D eigenvalue weighted by Gasteiger charge is 2.08. The summed E-state index contributed by atoms with van der Waals surface area (Å²) < 4.78 is 5.59. The van der Waals surface area contributed by atoms with Crippen molar-refractivity contribution in [3.05, 3.63) is 34.9 Å². The number of hydrogen-bond acceptors (Lipinski definition) is 2. The van der Waals surface area contributed by atoms with E-state index in [1.165, 1.54) is 12.0 Å². The third-order valence-corrected chi connectivity index (χ3v) is 3.07. The molecule has 1 unspecified atom stereocenters. The molecule has 3 heteroatoms. The Bertz CT molecular complexity index is 300. The molecule has 0 amide bonds. The smallest absolute Gasteiger partial charge is 0.0484 e. The molecule has 0 aliphatic heterocycles. The van der Waals surface area contributed by atoms with Crippen LogP contribution >= 0.6 is 11.6 Å². The van der Waals surface area contributed by atoms with E-state index >= 15 is 0 Å². The van der Waals surface area contributed by atoms with Gasteiger partial charge in [-0.1, -0.05) is 37.1 Å². The SMILES string of the molecule is CCCCOCCC(NC)c1ccc(Cl)cc1. The fourth-order valence-electron chi connectivity index (χ4n) is 1.72. The third-order valence-electron chi connectivity index (χ3n) is 2.81. The molecule has 0 aliphatic carbocycles. The van der Waals surface area contributed by atoms with E-state index < -0.39 is 0 Å². The van der Waals surface area contributed by atoms with Crippen LogP contribution in [0.3, 0.4) is 0 Å². The summed E-state index contributed by atoms with van der Waals surface area (Å²) in [6.07, 6.45) is 3.32. The van der Waals surface area contributed by atoms with Crippen LogP contribution in [0.25, 0.3) is 0 Å². The summed E-state index contributed by atoms with van der Waals surface area (Å²) in [5.41, 5.74) is 1.26. The summed E-state index contributed by atoms with van der Waals surface area (Å²) in [4.78, 5) is 0. The second-order valence-electron chi connectivity index (χ2n) is 4.15. The number of ether oxygens (including phenoxy) is 1. The van der Waals surface area contributed by atoms with Crippen LogP contribution in [0, 0.1) is 0 Å². The van der Waals surface area contributed by atoms with E-state index in [4.69, 9.17) is 16.3 Å². The minimum absolute atomic E-state index is 0.342. The first kappa shape index (κ1) is 14.5. The predicted molar refractivity (Wildman–Crippen MR) is 73.6 cm³/mol. The van der Waals surface area contributed by atoms with E-state index in [1.807, 2.05) is 19.2 Å². The standard InChI is InChI=1S/C14H22ClNO/c1-3-4-10-17-11-9-14(16-2)12-5-7-13(15)8-6-12/h5-8,14,16H,3-4,9-11H2,1-2H3. The van der Waals surface area contributed by atoms with Crippen molar-refractivity contribution in [1.29, 1.82) is 0 Å². The van der Waals surface area contributed by atoms with Crippen LogP contribution in [0.1, 0.15) is 37.8 Å². The lowest BCUT2D eigenvalue weighted by atomic mass is 10.0. The first-order valence-electron chi connectivity index (χ1n) is 6.28. The van der Waals surface area contributed by atoms with E-state index in [1.54, 1.807) is 0 Å². The van der Waals surface area contributed by atoms with Gasteiger partial charge in [-0.15, -0.1) is 0 Å². The normalized spacial score (nSPS) is 12.6. The first-order chi connectivity index (χ1) is 8.27. The van der Waals surface area contributed by atoms with Gasteiger partial charge in [-0.25, -0.2) is 0 Å².